The number of nitrogens with one attached hydrogen (secondary N) is 1. The molecule has 1 aromatic carbocycles. The number of benzene rings is 1. The van der Waals surface area contributed by atoms with Gasteiger partial charge in [0, 0.05) is 7.05 Å². The molecule has 8 nitrogen and oxygen atoms in total. The third-order valence-electron chi connectivity index (χ3n) is 3.87. The Morgan fingerprint density at radius 3 is 2.63 bits per heavy atom. The minimum absolute atomic E-state index is 0.00184. The number of nitrogens with zero attached hydrogens (tertiary/aromatic N) is 3. The van der Waals surface area contributed by atoms with E-state index in [2.05, 4.69) is 15.5 Å². The van der Waals surface area contributed by atoms with Crippen LogP contribution in [0, 0.1) is 0 Å². The van der Waals surface area contributed by atoms with Crippen molar-refractivity contribution in [1.82, 2.24) is 19.8 Å². The van der Waals surface area contributed by atoms with Crippen LogP contribution in [0.25, 0.3) is 10.7 Å². The zero-order valence-electron chi connectivity index (χ0n) is 14.7. The highest BCUT2D eigenvalue weighted by atomic mass is 32.2. The number of likely N-dealkylation sites (N-methyl/N-ethyl adjacent to an activating group) is 1. The largest absolute Gasteiger partial charge is 0.345 e. The van der Waals surface area contributed by atoms with Crippen LogP contribution in [0.2, 0.25) is 0 Å². The molecule has 0 unspecified atom stereocenters. The van der Waals surface area contributed by atoms with Crippen molar-refractivity contribution in [3.8, 4) is 10.7 Å². The fourth-order valence-electron chi connectivity index (χ4n) is 2.45. The van der Waals surface area contributed by atoms with Crippen molar-refractivity contribution in [2.24, 2.45) is 0 Å². The smallest absolute Gasteiger partial charge is 0.246 e. The van der Waals surface area contributed by atoms with Crippen molar-refractivity contribution in [2.45, 2.75) is 12.6 Å². The number of amides is 1. The molecule has 0 aliphatic heterocycles. The molecule has 0 saturated carbocycles. The van der Waals surface area contributed by atoms with Crippen LogP contribution in [0.3, 0.4) is 0 Å². The minimum atomic E-state index is -3.58. The number of aromatic nitrogens is 2. The maximum atomic E-state index is 12.7. The van der Waals surface area contributed by atoms with E-state index in [1.54, 1.807) is 30.3 Å². The van der Waals surface area contributed by atoms with Crippen LogP contribution in [0.15, 0.2) is 52.4 Å². The van der Waals surface area contributed by atoms with E-state index in [-0.39, 0.29) is 12.4 Å². The molecule has 142 valence electrons. The number of rotatable bonds is 7. The number of thiophene rings is 1. The van der Waals surface area contributed by atoms with Gasteiger partial charge in [0.25, 0.3) is 0 Å². The maximum Gasteiger partial charge on any atom is 0.246 e. The first-order valence-electron chi connectivity index (χ1n) is 7.98. The van der Waals surface area contributed by atoms with E-state index < -0.39 is 22.0 Å². The summed E-state index contributed by atoms with van der Waals surface area (Å²) in [5.74, 6) is 0.202. The molecule has 0 spiro atoms. The number of hydrogen-bond acceptors (Lipinski definition) is 7. The van der Waals surface area contributed by atoms with Gasteiger partial charge < -0.3 is 9.84 Å². The molecule has 0 bridgehead atoms. The van der Waals surface area contributed by atoms with Crippen LogP contribution in [0.4, 0.5) is 0 Å². The third kappa shape index (κ3) is 4.59. The Morgan fingerprint density at radius 1 is 1.26 bits per heavy atom. The van der Waals surface area contributed by atoms with Crippen LogP contribution in [-0.4, -0.2) is 42.1 Å². The molecule has 2 heterocycles. The first-order chi connectivity index (χ1) is 12.9. The Balaban J connectivity index is 1.75. The van der Waals surface area contributed by atoms with Crippen molar-refractivity contribution in [1.29, 1.82) is 0 Å². The van der Waals surface area contributed by atoms with Gasteiger partial charge in [-0.3, -0.25) is 4.79 Å². The Labute approximate surface area is 160 Å². The second-order valence-electron chi connectivity index (χ2n) is 5.80. The van der Waals surface area contributed by atoms with Crippen LogP contribution in [0.5, 0.6) is 0 Å². The van der Waals surface area contributed by atoms with E-state index in [1.165, 1.54) is 18.4 Å². The molecule has 0 radical (unpaired) electrons. The van der Waals surface area contributed by atoms with E-state index >= 15 is 0 Å². The number of carbonyl (C=O) groups excluding carboxylic acids is 1. The van der Waals surface area contributed by atoms with Crippen LogP contribution in [-0.2, 0) is 21.4 Å². The molecule has 2 aromatic heterocycles. The van der Waals surface area contributed by atoms with Gasteiger partial charge in [-0.25, -0.2) is 8.42 Å². The summed E-state index contributed by atoms with van der Waals surface area (Å²) in [6.45, 7) is -0.00184. The first-order valence-corrected chi connectivity index (χ1v) is 10.7. The summed E-state index contributed by atoms with van der Waals surface area (Å²) < 4.78 is 30.1. The average molecular weight is 406 g/mol. The lowest BCUT2D eigenvalue weighted by Crippen LogP contribution is -2.41. The average Bonchev–Trinajstić information content (AvgIpc) is 3.32. The molecule has 10 heteroatoms. The van der Waals surface area contributed by atoms with Crippen molar-refractivity contribution in [3.05, 3.63) is 59.3 Å². The van der Waals surface area contributed by atoms with Gasteiger partial charge in [-0.15, -0.1) is 11.3 Å². The standard InChI is InChI=1S/C17H18N4O4S2/c1-21(27(2,23)24)15(12-7-4-3-5-8-12)17(22)18-11-14-19-16(20-25-14)13-9-6-10-26-13/h3-10,15H,11H2,1-2H3,(H,18,22)/t15-/m1/s1. The summed E-state index contributed by atoms with van der Waals surface area (Å²) >= 11 is 1.48. The fourth-order valence-corrected chi connectivity index (χ4v) is 3.69. The number of sulfonamides is 1. The molecule has 1 atom stereocenters. The molecule has 3 rings (SSSR count). The molecule has 27 heavy (non-hydrogen) atoms. The molecule has 3 aromatic rings. The van der Waals surface area contributed by atoms with E-state index in [0.717, 1.165) is 15.4 Å². The molecule has 1 N–H and O–H groups in total. The molecule has 0 aliphatic carbocycles. The quantitative estimate of drug-likeness (QED) is 0.644. The summed E-state index contributed by atoms with van der Waals surface area (Å²) in [5, 5.41) is 8.45. The van der Waals surface area contributed by atoms with Gasteiger partial charge in [0.15, 0.2) is 0 Å². The van der Waals surface area contributed by atoms with E-state index in [0.29, 0.717) is 11.4 Å². The van der Waals surface area contributed by atoms with Crippen molar-refractivity contribution >= 4 is 27.3 Å². The highest BCUT2D eigenvalue weighted by Crippen LogP contribution is 2.23. The lowest BCUT2D eigenvalue weighted by molar-refractivity contribution is -0.125. The highest BCUT2D eigenvalue weighted by molar-refractivity contribution is 7.88. The molecule has 0 aliphatic rings. The van der Waals surface area contributed by atoms with Gasteiger partial charge >= 0.3 is 0 Å². The van der Waals surface area contributed by atoms with Gasteiger partial charge in [0.2, 0.25) is 27.6 Å². The monoisotopic (exact) mass is 406 g/mol. The predicted molar refractivity (Wildman–Crippen MR) is 101 cm³/mol. The Hall–Kier alpha value is -2.56. The van der Waals surface area contributed by atoms with Gasteiger partial charge in [-0.2, -0.15) is 9.29 Å². The summed E-state index contributed by atoms with van der Waals surface area (Å²) in [4.78, 5) is 17.8. The summed E-state index contributed by atoms with van der Waals surface area (Å²) in [6, 6.07) is 11.4. The lowest BCUT2D eigenvalue weighted by Gasteiger charge is -2.25. The Morgan fingerprint density at radius 2 is 2.00 bits per heavy atom. The predicted octanol–water partition coefficient (Wildman–Crippen LogP) is 2.05. The maximum absolute atomic E-state index is 12.7. The van der Waals surface area contributed by atoms with Gasteiger partial charge in [0.1, 0.15) is 6.04 Å². The van der Waals surface area contributed by atoms with Gasteiger partial charge in [-0.1, -0.05) is 41.6 Å². The van der Waals surface area contributed by atoms with Crippen molar-refractivity contribution in [3.63, 3.8) is 0 Å². The second-order valence-corrected chi connectivity index (χ2v) is 8.79. The van der Waals surface area contributed by atoms with Gasteiger partial charge in [-0.05, 0) is 17.0 Å². The Bertz CT molecular complexity index is 1000. The van der Waals surface area contributed by atoms with E-state index in [9.17, 15) is 13.2 Å². The molecule has 0 fully saturated rings. The fraction of sp³-hybridized carbons (Fsp3) is 0.235. The third-order valence-corrected chi connectivity index (χ3v) is 6.00. The zero-order valence-corrected chi connectivity index (χ0v) is 16.3. The SMILES string of the molecule is CN([C@@H](C(=O)NCc1nc(-c2cccs2)no1)c1ccccc1)S(C)(=O)=O. The highest BCUT2D eigenvalue weighted by Gasteiger charge is 2.30. The van der Waals surface area contributed by atoms with Gasteiger partial charge in [0.05, 0.1) is 17.7 Å². The number of hydrogen-bond donors (Lipinski definition) is 1. The van der Waals surface area contributed by atoms with Crippen LogP contribution in [0.1, 0.15) is 17.5 Å². The molecular formula is C17H18N4O4S2. The number of carbonyl (C=O) groups is 1. The normalized spacial score (nSPS) is 12.9. The van der Waals surface area contributed by atoms with Crippen LogP contribution < -0.4 is 5.32 Å². The topological polar surface area (TPSA) is 105 Å². The van der Waals surface area contributed by atoms with E-state index in [1.807, 2.05) is 17.5 Å². The molecule has 0 saturated heterocycles. The summed E-state index contributed by atoms with van der Waals surface area (Å²) in [6.07, 6.45) is 1.06. The summed E-state index contributed by atoms with van der Waals surface area (Å²) in [5.41, 5.74) is 0.563. The van der Waals surface area contributed by atoms with Crippen LogP contribution >= 0.6 is 11.3 Å². The zero-order chi connectivity index (χ0) is 19.4. The summed E-state index contributed by atoms with van der Waals surface area (Å²) in [7, 11) is -2.21. The van der Waals surface area contributed by atoms with E-state index in [4.69, 9.17) is 4.52 Å². The first kappa shape index (κ1) is 19.2. The molecular weight excluding hydrogens is 388 g/mol. The minimum Gasteiger partial charge on any atom is -0.345 e. The van der Waals surface area contributed by atoms with Crippen molar-refractivity contribution in [2.75, 3.05) is 13.3 Å². The Kier molecular flexibility index (Phi) is 5.68. The van der Waals surface area contributed by atoms with Crippen molar-refractivity contribution < 1.29 is 17.7 Å². The molecule has 1 amide bonds. The second kappa shape index (κ2) is 7.99. The lowest BCUT2D eigenvalue weighted by atomic mass is 10.1.